The second-order valence-electron chi connectivity index (χ2n) is 6.42. The molecule has 2 unspecified atom stereocenters. The Bertz CT molecular complexity index is 775. The number of carbonyl (C=O) groups is 2. The molecular formula is C21H25NO5. The van der Waals surface area contributed by atoms with Gasteiger partial charge in [-0.2, -0.15) is 0 Å². The predicted octanol–water partition coefficient (Wildman–Crippen LogP) is 2.91. The maximum absolute atomic E-state index is 11.7. The summed E-state index contributed by atoms with van der Waals surface area (Å²) in [5.74, 6) is -0.0575. The standard InChI is InChI=1S/C21H25NO5/c1-14-12-17(15(2)23)8-9-18(14)20(25)19(24)10-11-22-21(26)27-13-16-6-4-3-5-7-16/h3-9,12,19-20,24-25H,10-11,13H2,1-2H3,(H,22,26). The zero-order chi connectivity index (χ0) is 19.8. The number of aryl methyl sites for hydroxylation is 1. The Morgan fingerprint density at radius 1 is 1.11 bits per heavy atom. The first kappa shape index (κ1) is 20.6. The number of hydrogen-bond acceptors (Lipinski definition) is 5. The number of hydrogen-bond donors (Lipinski definition) is 3. The van der Waals surface area contributed by atoms with Crippen LogP contribution in [0.4, 0.5) is 4.79 Å². The topological polar surface area (TPSA) is 95.9 Å². The minimum Gasteiger partial charge on any atom is -0.445 e. The summed E-state index contributed by atoms with van der Waals surface area (Å²) in [6.45, 7) is 3.58. The van der Waals surface area contributed by atoms with Gasteiger partial charge in [0, 0.05) is 12.1 Å². The smallest absolute Gasteiger partial charge is 0.407 e. The van der Waals surface area contributed by atoms with Gasteiger partial charge in [-0.05, 0) is 43.0 Å². The van der Waals surface area contributed by atoms with Crippen molar-refractivity contribution in [2.75, 3.05) is 6.54 Å². The summed E-state index contributed by atoms with van der Waals surface area (Å²) >= 11 is 0. The van der Waals surface area contributed by atoms with Crippen LogP contribution in [0.25, 0.3) is 0 Å². The van der Waals surface area contributed by atoms with Crippen molar-refractivity contribution in [3.05, 3.63) is 70.8 Å². The van der Waals surface area contributed by atoms with E-state index < -0.39 is 18.3 Å². The van der Waals surface area contributed by atoms with Crippen LogP contribution >= 0.6 is 0 Å². The number of benzene rings is 2. The number of rotatable bonds is 8. The van der Waals surface area contributed by atoms with E-state index in [9.17, 15) is 19.8 Å². The SMILES string of the molecule is CC(=O)c1ccc(C(O)C(O)CCNC(=O)OCc2ccccc2)c(C)c1. The fourth-order valence-corrected chi connectivity index (χ4v) is 2.69. The Labute approximate surface area is 158 Å². The average molecular weight is 371 g/mol. The van der Waals surface area contributed by atoms with Crippen molar-refractivity contribution in [3.63, 3.8) is 0 Å². The molecule has 2 aromatic carbocycles. The lowest BCUT2D eigenvalue weighted by molar-refractivity contribution is 0.0132. The number of Topliss-reactive ketones (excluding diaryl/α,β-unsaturated/α-hetero) is 1. The van der Waals surface area contributed by atoms with Gasteiger partial charge in [-0.25, -0.2) is 4.79 Å². The third-order valence-corrected chi connectivity index (χ3v) is 4.28. The molecule has 2 atom stereocenters. The summed E-state index contributed by atoms with van der Waals surface area (Å²) in [4.78, 5) is 23.1. The van der Waals surface area contributed by atoms with Crippen LogP contribution in [0.5, 0.6) is 0 Å². The van der Waals surface area contributed by atoms with Crippen LogP contribution in [0.1, 0.15) is 46.5 Å². The largest absolute Gasteiger partial charge is 0.445 e. The minimum atomic E-state index is -1.10. The van der Waals surface area contributed by atoms with Gasteiger partial charge < -0.3 is 20.3 Å². The lowest BCUT2D eigenvalue weighted by atomic mass is 9.95. The van der Waals surface area contributed by atoms with Crippen LogP contribution in [-0.2, 0) is 11.3 Å². The van der Waals surface area contributed by atoms with E-state index in [2.05, 4.69) is 5.32 Å². The Kier molecular flexibility index (Phi) is 7.52. The highest BCUT2D eigenvalue weighted by Gasteiger charge is 2.20. The highest BCUT2D eigenvalue weighted by molar-refractivity contribution is 5.94. The van der Waals surface area contributed by atoms with Gasteiger partial charge >= 0.3 is 6.09 Å². The van der Waals surface area contributed by atoms with E-state index in [1.54, 1.807) is 25.1 Å². The molecule has 6 heteroatoms. The lowest BCUT2D eigenvalue weighted by Gasteiger charge is -2.20. The number of nitrogens with one attached hydrogen (secondary N) is 1. The molecule has 0 spiro atoms. The van der Waals surface area contributed by atoms with Crippen LogP contribution in [0, 0.1) is 6.92 Å². The van der Waals surface area contributed by atoms with Crippen LogP contribution in [-0.4, -0.2) is 34.7 Å². The van der Waals surface area contributed by atoms with E-state index in [-0.39, 0.29) is 25.4 Å². The molecule has 144 valence electrons. The first-order chi connectivity index (χ1) is 12.9. The number of aliphatic hydroxyl groups excluding tert-OH is 2. The Morgan fingerprint density at radius 2 is 1.81 bits per heavy atom. The van der Waals surface area contributed by atoms with E-state index in [0.29, 0.717) is 11.1 Å². The summed E-state index contributed by atoms with van der Waals surface area (Å²) in [5, 5.41) is 23.1. The van der Waals surface area contributed by atoms with E-state index in [0.717, 1.165) is 11.1 Å². The molecule has 0 aliphatic rings. The van der Waals surface area contributed by atoms with E-state index in [4.69, 9.17) is 4.74 Å². The lowest BCUT2D eigenvalue weighted by Crippen LogP contribution is -2.30. The Hall–Kier alpha value is -2.70. The number of aliphatic hydroxyl groups is 2. The van der Waals surface area contributed by atoms with Crippen molar-refractivity contribution in [3.8, 4) is 0 Å². The predicted molar refractivity (Wildman–Crippen MR) is 101 cm³/mol. The molecule has 6 nitrogen and oxygen atoms in total. The molecule has 0 saturated heterocycles. The van der Waals surface area contributed by atoms with Crippen molar-refractivity contribution in [1.29, 1.82) is 0 Å². The van der Waals surface area contributed by atoms with Gasteiger partial charge in [-0.15, -0.1) is 0 Å². The fourth-order valence-electron chi connectivity index (χ4n) is 2.69. The van der Waals surface area contributed by atoms with Crippen molar-refractivity contribution in [2.24, 2.45) is 0 Å². The molecule has 27 heavy (non-hydrogen) atoms. The third kappa shape index (κ3) is 6.20. The molecule has 2 rings (SSSR count). The van der Waals surface area contributed by atoms with Crippen molar-refractivity contribution < 1.29 is 24.5 Å². The molecule has 0 saturated carbocycles. The highest BCUT2D eigenvalue weighted by Crippen LogP contribution is 2.23. The van der Waals surface area contributed by atoms with Gasteiger partial charge in [0.1, 0.15) is 12.7 Å². The number of carbonyl (C=O) groups excluding carboxylic acids is 2. The molecule has 0 radical (unpaired) electrons. The van der Waals surface area contributed by atoms with Gasteiger partial charge in [-0.3, -0.25) is 4.79 Å². The number of ether oxygens (including phenoxy) is 1. The number of ketones is 1. The maximum Gasteiger partial charge on any atom is 0.407 e. The second kappa shape index (κ2) is 9.85. The zero-order valence-corrected chi connectivity index (χ0v) is 15.5. The minimum absolute atomic E-state index is 0.0575. The molecule has 0 bridgehead atoms. The molecule has 0 aliphatic carbocycles. The van der Waals surface area contributed by atoms with Gasteiger partial charge in [0.2, 0.25) is 0 Å². The maximum atomic E-state index is 11.7. The molecule has 0 aliphatic heterocycles. The summed E-state index contributed by atoms with van der Waals surface area (Å²) in [7, 11) is 0. The van der Waals surface area contributed by atoms with E-state index in [1.807, 2.05) is 30.3 Å². The summed E-state index contributed by atoms with van der Waals surface area (Å²) in [5.41, 5.74) is 2.72. The van der Waals surface area contributed by atoms with E-state index >= 15 is 0 Å². The van der Waals surface area contributed by atoms with Crippen molar-refractivity contribution in [2.45, 2.75) is 39.1 Å². The quantitative estimate of drug-likeness (QED) is 0.620. The second-order valence-corrected chi connectivity index (χ2v) is 6.42. The van der Waals surface area contributed by atoms with Gasteiger partial charge in [0.15, 0.2) is 5.78 Å². The van der Waals surface area contributed by atoms with Crippen LogP contribution in [0.3, 0.4) is 0 Å². The molecular weight excluding hydrogens is 346 g/mol. The summed E-state index contributed by atoms with van der Waals surface area (Å²) in [6.07, 6.45) is -2.58. The molecule has 0 heterocycles. The van der Waals surface area contributed by atoms with Gasteiger partial charge in [0.25, 0.3) is 0 Å². The zero-order valence-electron chi connectivity index (χ0n) is 15.5. The Morgan fingerprint density at radius 3 is 2.44 bits per heavy atom. The molecule has 1 amide bonds. The normalized spacial score (nSPS) is 12.9. The molecule has 3 N–H and O–H groups in total. The van der Waals surface area contributed by atoms with Crippen molar-refractivity contribution >= 4 is 11.9 Å². The average Bonchev–Trinajstić information content (AvgIpc) is 2.66. The van der Waals surface area contributed by atoms with Gasteiger partial charge in [0.05, 0.1) is 6.10 Å². The summed E-state index contributed by atoms with van der Waals surface area (Å²) in [6, 6.07) is 14.3. The van der Waals surface area contributed by atoms with Crippen LogP contribution in [0.15, 0.2) is 48.5 Å². The molecule has 2 aromatic rings. The highest BCUT2D eigenvalue weighted by atomic mass is 16.5. The van der Waals surface area contributed by atoms with Crippen molar-refractivity contribution in [1.82, 2.24) is 5.32 Å². The first-order valence-corrected chi connectivity index (χ1v) is 8.80. The molecule has 0 aromatic heterocycles. The number of alkyl carbamates (subject to hydrolysis) is 1. The monoisotopic (exact) mass is 371 g/mol. The van der Waals surface area contributed by atoms with Gasteiger partial charge in [-0.1, -0.05) is 42.5 Å². The number of amides is 1. The fraction of sp³-hybridized carbons (Fsp3) is 0.333. The Balaban J connectivity index is 1.78. The first-order valence-electron chi connectivity index (χ1n) is 8.80. The van der Waals surface area contributed by atoms with Crippen LogP contribution < -0.4 is 5.32 Å². The van der Waals surface area contributed by atoms with E-state index in [1.165, 1.54) is 6.92 Å². The summed E-state index contributed by atoms with van der Waals surface area (Å²) < 4.78 is 5.08. The van der Waals surface area contributed by atoms with Crippen LogP contribution in [0.2, 0.25) is 0 Å². The third-order valence-electron chi connectivity index (χ3n) is 4.28. The molecule has 0 fully saturated rings.